The fraction of sp³-hybridized carbons (Fsp3) is 0.250. The lowest BCUT2D eigenvalue weighted by Gasteiger charge is -2.35. The maximum atomic E-state index is 11.9. The lowest BCUT2D eigenvalue weighted by molar-refractivity contribution is -0.126. The van der Waals surface area contributed by atoms with Crippen molar-refractivity contribution in [2.24, 2.45) is 0 Å². The highest BCUT2D eigenvalue weighted by Gasteiger charge is 2.23. The molecule has 14 heteroatoms. The van der Waals surface area contributed by atoms with Gasteiger partial charge in [0.2, 0.25) is 5.91 Å². The molecule has 8 aromatic rings. The molecule has 0 radical (unpaired) electrons. The Morgan fingerprint density at radius 2 is 1.12 bits per heavy atom. The van der Waals surface area contributed by atoms with Crippen molar-refractivity contribution in [3.8, 4) is 23.0 Å². The Labute approximate surface area is 334 Å². The number of aromatic nitrogens is 8. The summed E-state index contributed by atoms with van der Waals surface area (Å²) in [5.74, 6) is 4.79. The van der Waals surface area contributed by atoms with Gasteiger partial charge in [-0.3, -0.25) is 15.0 Å². The van der Waals surface area contributed by atoms with Gasteiger partial charge in [-0.05, 0) is 86.7 Å². The highest BCUT2D eigenvalue weighted by atomic mass is 16.5. The van der Waals surface area contributed by atoms with Gasteiger partial charge in [0.05, 0.1) is 34.2 Å². The Bertz CT molecular complexity index is 2780. The summed E-state index contributed by atoms with van der Waals surface area (Å²) in [4.78, 5) is 36.4. The molecule has 14 nitrogen and oxygen atoms in total. The number of rotatable bonds is 7. The van der Waals surface area contributed by atoms with E-state index in [1.165, 1.54) is 25.3 Å². The van der Waals surface area contributed by atoms with E-state index in [-0.39, 0.29) is 5.91 Å². The molecule has 4 aromatic heterocycles. The van der Waals surface area contributed by atoms with Crippen LogP contribution in [0.15, 0.2) is 98.4 Å². The molecule has 4 aromatic carbocycles. The molecular weight excluding hydrogens is 731 g/mol. The number of fused-ring (bicyclic) bond motifs is 4. The number of anilines is 2. The number of aromatic amines is 2. The standard InChI is InChI=1S/C23H22N6O2.C21H21N5O/c1-3-20(30)28-9-11-29(12-10-28)23-16-5-4-6-19(21(16)24-14-25-23)31-22-15(2)7-8-18-17(22)13-26-27-18;1-14-8-9-17-16(12-24-25-17)20(14)27-18-7-5-6-15-19(18)22-13-23-21(15)26-10-3-2-4-11-26/h3-8,13-14H,1,9-12H2,2H3,(H,26,27);5-9,12-13H,2-4,10-11H2,1H3,(H,24,25). The number of carbonyl (C=O) groups is 1. The minimum Gasteiger partial charge on any atom is -0.454 e. The third kappa shape index (κ3) is 6.97. The van der Waals surface area contributed by atoms with Gasteiger partial charge >= 0.3 is 0 Å². The van der Waals surface area contributed by atoms with E-state index in [4.69, 9.17) is 9.47 Å². The summed E-state index contributed by atoms with van der Waals surface area (Å²) >= 11 is 0. The zero-order chi connectivity index (χ0) is 39.6. The number of nitrogens with zero attached hydrogens (tertiary/aromatic N) is 9. The van der Waals surface area contributed by atoms with Gasteiger partial charge in [0.25, 0.3) is 0 Å². The average Bonchev–Trinajstić information content (AvgIpc) is 3.96. The smallest absolute Gasteiger partial charge is 0.246 e. The molecule has 10 rings (SSSR count). The summed E-state index contributed by atoms with van der Waals surface area (Å²) in [6.07, 6.45) is 11.9. The molecule has 292 valence electrons. The van der Waals surface area contributed by atoms with Crippen LogP contribution in [0, 0.1) is 13.8 Å². The van der Waals surface area contributed by atoms with Crippen molar-refractivity contribution >= 4 is 61.2 Å². The van der Waals surface area contributed by atoms with E-state index in [0.717, 1.165) is 96.7 Å². The van der Waals surface area contributed by atoms with Crippen molar-refractivity contribution in [2.75, 3.05) is 49.1 Å². The van der Waals surface area contributed by atoms with Gasteiger partial charge in [0, 0.05) is 50.0 Å². The number of piperazine rings is 1. The van der Waals surface area contributed by atoms with Gasteiger partial charge < -0.3 is 24.2 Å². The third-order valence-electron chi connectivity index (χ3n) is 10.9. The van der Waals surface area contributed by atoms with Crippen LogP contribution in [0.1, 0.15) is 30.4 Å². The highest BCUT2D eigenvalue weighted by molar-refractivity contribution is 5.96. The zero-order valence-corrected chi connectivity index (χ0v) is 32.5. The maximum Gasteiger partial charge on any atom is 0.246 e. The lowest BCUT2D eigenvalue weighted by Crippen LogP contribution is -2.48. The quantitative estimate of drug-likeness (QED) is 0.151. The lowest BCUT2D eigenvalue weighted by atomic mass is 10.1. The molecule has 6 heterocycles. The normalized spacial score (nSPS) is 14.5. The van der Waals surface area contributed by atoms with E-state index in [2.05, 4.69) is 62.8 Å². The van der Waals surface area contributed by atoms with Crippen LogP contribution < -0.4 is 19.3 Å². The molecule has 2 aliphatic heterocycles. The second-order valence-electron chi connectivity index (χ2n) is 14.6. The Morgan fingerprint density at radius 3 is 1.62 bits per heavy atom. The van der Waals surface area contributed by atoms with Gasteiger partial charge in [0.15, 0.2) is 11.5 Å². The number of ether oxygens (including phenoxy) is 2. The molecule has 0 spiro atoms. The third-order valence-corrected chi connectivity index (χ3v) is 10.9. The predicted molar refractivity (Wildman–Crippen MR) is 226 cm³/mol. The first-order chi connectivity index (χ1) is 28.5. The number of hydrogen-bond acceptors (Lipinski definition) is 11. The summed E-state index contributed by atoms with van der Waals surface area (Å²) in [5.41, 5.74) is 5.54. The number of amides is 1. The fourth-order valence-corrected chi connectivity index (χ4v) is 7.83. The Morgan fingerprint density at radius 1 is 0.621 bits per heavy atom. The second kappa shape index (κ2) is 15.8. The largest absolute Gasteiger partial charge is 0.454 e. The molecule has 0 saturated carbocycles. The minimum atomic E-state index is -0.0355. The average molecular weight is 774 g/mol. The monoisotopic (exact) mass is 773 g/mol. The van der Waals surface area contributed by atoms with Gasteiger partial charge in [-0.1, -0.05) is 30.8 Å². The Hall–Kier alpha value is -7.09. The summed E-state index contributed by atoms with van der Waals surface area (Å²) < 4.78 is 12.7. The first-order valence-electron chi connectivity index (χ1n) is 19.6. The molecule has 0 atom stereocenters. The number of aryl methyl sites for hydroxylation is 2. The molecule has 2 aliphatic rings. The molecule has 0 aliphatic carbocycles. The summed E-state index contributed by atoms with van der Waals surface area (Å²) in [7, 11) is 0. The van der Waals surface area contributed by atoms with Crippen molar-refractivity contribution in [1.82, 2.24) is 45.2 Å². The van der Waals surface area contributed by atoms with Crippen molar-refractivity contribution in [1.29, 1.82) is 0 Å². The van der Waals surface area contributed by atoms with Crippen LogP contribution in [0.25, 0.3) is 43.6 Å². The number of hydrogen-bond donors (Lipinski definition) is 2. The molecule has 2 saturated heterocycles. The molecular formula is C44H43N11O3. The van der Waals surface area contributed by atoms with Gasteiger partial charge in [-0.15, -0.1) is 0 Å². The molecule has 2 fully saturated rings. The second-order valence-corrected chi connectivity index (χ2v) is 14.6. The van der Waals surface area contributed by atoms with Crippen LogP contribution in [0.4, 0.5) is 11.6 Å². The van der Waals surface area contributed by atoms with Crippen LogP contribution in [-0.4, -0.2) is 90.4 Å². The van der Waals surface area contributed by atoms with Crippen molar-refractivity contribution in [3.63, 3.8) is 0 Å². The number of piperidine rings is 1. The van der Waals surface area contributed by atoms with Gasteiger partial charge in [-0.25, -0.2) is 19.9 Å². The van der Waals surface area contributed by atoms with Crippen LogP contribution >= 0.6 is 0 Å². The minimum absolute atomic E-state index is 0.0355. The molecule has 2 N–H and O–H groups in total. The van der Waals surface area contributed by atoms with Crippen LogP contribution in [-0.2, 0) is 4.79 Å². The first kappa shape index (κ1) is 36.5. The first-order valence-corrected chi connectivity index (χ1v) is 19.6. The molecule has 0 bridgehead atoms. The van der Waals surface area contributed by atoms with Gasteiger partial charge in [-0.2, -0.15) is 10.2 Å². The molecule has 1 amide bonds. The summed E-state index contributed by atoms with van der Waals surface area (Å²) in [5, 5.41) is 18.1. The van der Waals surface area contributed by atoms with E-state index >= 15 is 0 Å². The molecule has 0 unspecified atom stereocenters. The van der Waals surface area contributed by atoms with Crippen molar-refractivity contribution in [2.45, 2.75) is 33.1 Å². The van der Waals surface area contributed by atoms with E-state index in [1.807, 2.05) is 68.4 Å². The number of H-pyrrole nitrogens is 2. The maximum absolute atomic E-state index is 11.9. The van der Waals surface area contributed by atoms with Crippen molar-refractivity contribution in [3.05, 3.63) is 109 Å². The predicted octanol–water partition coefficient (Wildman–Crippen LogP) is 8.04. The van der Waals surface area contributed by atoms with Gasteiger partial charge in [0.1, 0.15) is 46.8 Å². The summed E-state index contributed by atoms with van der Waals surface area (Å²) in [6, 6.07) is 20.0. The number of nitrogens with one attached hydrogen (secondary N) is 2. The topological polar surface area (TPSA) is 154 Å². The van der Waals surface area contributed by atoms with Crippen LogP contribution in [0.5, 0.6) is 23.0 Å². The SMILES string of the molecule is C=CC(=O)N1CCN(c2ncnc3c(Oc4c(C)ccc5[nH]ncc45)cccc23)CC1.Cc1ccc2[nH]ncc2c1Oc1cccc2c(N3CCCCC3)ncnc12. The number of para-hydroxylation sites is 2. The van der Waals surface area contributed by atoms with Crippen LogP contribution in [0.3, 0.4) is 0 Å². The Kier molecular flexibility index (Phi) is 9.96. The van der Waals surface area contributed by atoms with E-state index in [9.17, 15) is 4.79 Å². The Balaban J connectivity index is 0.000000152. The molecule has 58 heavy (non-hydrogen) atoms. The highest BCUT2D eigenvalue weighted by Crippen LogP contribution is 2.39. The zero-order valence-electron chi connectivity index (χ0n) is 32.5. The van der Waals surface area contributed by atoms with Crippen molar-refractivity contribution < 1.29 is 14.3 Å². The van der Waals surface area contributed by atoms with E-state index in [1.54, 1.807) is 29.9 Å². The summed E-state index contributed by atoms with van der Waals surface area (Å²) in [6.45, 7) is 12.4. The number of carbonyl (C=O) groups excluding carboxylic acids is 1. The fourth-order valence-electron chi connectivity index (χ4n) is 7.83. The number of benzene rings is 4. The van der Waals surface area contributed by atoms with E-state index in [0.29, 0.717) is 31.9 Å². The van der Waals surface area contributed by atoms with E-state index < -0.39 is 0 Å². The van der Waals surface area contributed by atoms with Crippen LogP contribution in [0.2, 0.25) is 0 Å².